The first-order chi connectivity index (χ1) is 6.27. The molecule has 0 radical (unpaired) electrons. The van der Waals surface area contributed by atoms with E-state index in [-0.39, 0.29) is 0 Å². The standard InChI is InChI=1S/C10H11N3/c1-7-4-2-3-5-8(7)9-6-10(11)13-12-9/h2-6H,1H3,(H3,11,12,13). The van der Waals surface area contributed by atoms with Crippen molar-refractivity contribution in [2.45, 2.75) is 6.92 Å². The van der Waals surface area contributed by atoms with Gasteiger partial charge in [-0.2, -0.15) is 5.10 Å². The van der Waals surface area contributed by atoms with Crippen LogP contribution in [0.5, 0.6) is 0 Å². The molecule has 0 bridgehead atoms. The van der Waals surface area contributed by atoms with Crippen LogP contribution < -0.4 is 5.73 Å². The quantitative estimate of drug-likeness (QED) is 0.692. The summed E-state index contributed by atoms with van der Waals surface area (Å²) in [6.07, 6.45) is 0. The van der Waals surface area contributed by atoms with Crippen LogP contribution in [0.15, 0.2) is 30.3 Å². The number of nitrogen functional groups attached to an aromatic ring is 1. The first-order valence-electron chi connectivity index (χ1n) is 4.14. The van der Waals surface area contributed by atoms with Crippen LogP contribution in [0, 0.1) is 6.92 Å². The van der Waals surface area contributed by atoms with Crippen LogP contribution in [0.4, 0.5) is 5.82 Å². The molecule has 2 aromatic rings. The summed E-state index contributed by atoms with van der Waals surface area (Å²) in [5.74, 6) is 0.526. The number of rotatable bonds is 1. The maximum atomic E-state index is 5.52. The Morgan fingerprint density at radius 3 is 2.69 bits per heavy atom. The monoisotopic (exact) mass is 173 g/mol. The predicted molar refractivity (Wildman–Crippen MR) is 53.2 cm³/mol. The number of aromatic amines is 1. The van der Waals surface area contributed by atoms with Crippen molar-refractivity contribution in [2.24, 2.45) is 0 Å². The van der Waals surface area contributed by atoms with E-state index in [1.165, 1.54) is 5.56 Å². The van der Waals surface area contributed by atoms with Crippen molar-refractivity contribution in [1.29, 1.82) is 0 Å². The van der Waals surface area contributed by atoms with Gasteiger partial charge in [-0.25, -0.2) is 0 Å². The molecule has 13 heavy (non-hydrogen) atoms. The molecule has 0 aliphatic rings. The lowest BCUT2D eigenvalue weighted by atomic mass is 10.1. The molecular weight excluding hydrogens is 162 g/mol. The highest BCUT2D eigenvalue weighted by atomic mass is 15.2. The Hall–Kier alpha value is -1.77. The SMILES string of the molecule is Cc1ccccc1-c1cc(N)n[nH]1. The number of anilines is 1. The molecule has 66 valence electrons. The third-order valence-electron chi connectivity index (χ3n) is 2.03. The van der Waals surface area contributed by atoms with E-state index in [9.17, 15) is 0 Å². The van der Waals surface area contributed by atoms with E-state index in [2.05, 4.69) is 23.2 Å². The Morgan fingerprint density at radius 2 is 2.08 bits per heavy atom. The molecule has 0 saturated carbocycles. The summed E-state index contributed by atoms with van der Waals surface area (Å²) in [5.41, 5.74) is 8.85. The van der Waals surface area contributed by atoms with Crippen LogP contribution in [0.2, 0.25) is 0 Å². The normalized spacial score (nSPS) is 10.2. The van der Waals surface area contributed by atoms with Crippen LogP contribution in [0.25, 0.3) is 11.3 Å². The molecule has 0 aliphatic carbocycles. The molecule has 0 saturated heterocycles. The Labute approximate surface area is 76.6 Å². The van der Waals surface area contributed by atoms with Crippen molar-refractivity contribution in [3.05, 3.63) is 35.9 Å². The highest BCUT2D eigenvalue weighted by Crippen LogP contribution is 2.21. The van der Waals surface area contributed by atoms with Gasteiger partial charge in [0.05, 0.1) is 5.69 Å². The smallest absolute Gasteiger partial charge is 0.145 e. The van der Waals surface area contributed by atoms with Gasteiger partial charge in [-0.05, 0) is 12.5 Å². The lowest BCUT2D eigenvalue weighted by Gasteiger charge is -2.00. The van der Waals surface area contributed by atoms with Crippen molar-refractivity contribution in [3.63, 3.8) is 0 Å². The Bertz CT molecular complexity index is 418. The maximum Gasteiger partial charge on any atom is 0.145 e. The molecular formula is C10H11N3. The number of aryl methyl sites for hydroxylation is 1. The molecule has 3 nitrogen and oxygen atoms in total. The van der Waals surface area contributed by atoms with Crippen molar-refractivity contribution in [3.8, 4) is 11.3 Å². The highest BCUT2D eigenvalue weighted by molar-refractivity contribution is 5.65. The highest BCUT2D eigenvalue weighted by Gasteiger charge is 2.02. The molecule has 2 rings (SSSR count). The molecule has 1 aromatic heterocycles. The van der Waals surface area contributed by atoms with E-state index in [1.807, 2.05) is 24.3 Å². The number of aromatic nitrogens is 2. The molecule has 0 amide bonds. The number of hydrogen-bond acceptors (Lipinski definition) is 2. The van der Waals surface area contributed by atoms with Crippen molar-refractivity contribution in [2.75, 3.05) is 5.73 Å². The Kier molecular flexibility index (Phi) is 1.77. The van der Waals surface area contributed by atoms with E-state index >= 15 is 0 Å². The number of benzene rings is 1. The molecule has 3 heteroatoms. The molecule has 0 unspecified atom stereocenters. The van der Waals surface area contributed by atoms with Crippen molar-refractivity contribution in [1.82, 2.24) is 10.2 Å². The van der Waals surface area contributed by atoms with E-state index in [4.69, 9.17) is 5.73 Å². The van der Waals surface area contributed by atoms with Gasteiger partial charge in [-0.15, -0.1) is 0 Å². The summed E-state index contributed by atoms with van der Waals surface area (Å²) in [5, 5.41) is 6.77. The van der Waals surface area contributed by atoms with Gasteiger partial charge in [0.25, 0.3) is 0 Å². The average Bonchev–Trinajstić information content (AvgIpc) is 2.53. The van der Waals surface area contributed by atoms with Gasteiger partial charge in [0.1, 0.15) is 5.82 Å². The number of nitrogens with zero attached hydrogens (tertiary/aromatic N) is 1. The summed E-state index contributed by atoms with van der Waals surface area (Å²) in [4.78, 5) is 0. The number of hydrogen-bond donors (Lipinski definition) is 2. The zero-order valence-electron chi connectivity index (χ0n) is 7.41. The first-order valence-corrected chi connectivity index (χ1v) is 4.14. The summed E-state index contributed by atoms with van der Waals surface area (Å²) in [6, 6.07) is 9.95. The zero-order valence-corrected chi connectivity index (χ0v) is 7.41. The molecule has 0 spiro atoms. The van der Waals surface area contributed by atoms with Crippen LogP contribution in [-0.4, -0.2) is 10.2 Å². The molecule has 1 heterocycles. The third-order valence-corrected chi connectivity index (χ3v) is 2.03. The third kappa shape index (κ3) is 1.40. The fraction of sp³-hybridized carbons (Fsp3) is 0.100. The number of nitrogens with one attached hydrogen (secondary N) is 1. The molecule has 3 N–H and O–H groups in total. The molecule has 0 aliphatic heterocycles. The first kappa shape index (κ1) is 7.86. The summed E-state index contributed by atoms with van der Waals surface area (Å²) < 4.78 is 0. The maximum absolute atomic E-state index is 5.52. The van der Waals surface area contributed by atoms with E-state index < -0.39 is 0 Å². The largest absolute Gasteiger partial charge is 0.382 e. The summed E-state index contributed by atoms with van der Waals surface area (Å²) in [6.45, 7) is 2.06. The topological polar surface area (TPSA) is 54.7 Å². The van der Waals surface area contributed by atoms with Crippen molar-refractivity contribution < 1.29 is 0 Å². The second-order valence-corrected chi connectivity index (χ2v) is 3.02. The van der Waals surface area contributed by atoms with Crippen molar-refractivity contribution >= 4 is 5.82 Å². The zero-order chi connectivity index (χ0) is 9.26. The number of H-pyrrole nitrogens is 1. The Morgan fingerprint density at radius 1 is 1.31 bits per heavy atom. The van der Waals surface area contributed by atoms with E-state index in [0.29, 0.717) is 5.82 Å². The number of nitrogens with two attached hydrogens (primary N) is 1. The van der Waals surface area contributed by atoms with Crippen LogP contribution >= 0.6 is 0 Å². The predicted octanol–water partition coefficient (Wildman–Crippen LogP) is 1.97. The van der Waals surface area contributed by atoms with Gasteiger partial charge in [0.2, 0.25) is 0 Å². The van der Waals surface area contributed by atoms with Crippen LogP contribution in [0.3, 0.4) is 0 Å². The van der Waals surface area contributed by atoms with Crippen LogP contribution in [-0.2, 0) is 0 Å². The van der Waals surface area contributed by atoms with E-state index in [1.54, 1.807) is 0 Å². The van der Waals surface area contributed by atoms with Gasteiger partial charge in [0.15, 0.2) is 0 Å². The molecule has 0 fully saturated rings. The van der Waals surface area contributed by atoms with Crippen LogP contribution in [0.1, 0.15) is 5.56 Å². The lowest BCUT2D eigenvalue weighted by Crippen LogP contribution is -1.81. The van der Waals surface area contributed by atoms with Gasteiger partial charge in [0, 0.05) is 11.6 Å². The minimum Gasteiger partial charge on any atom is -0.382 e. The van der Waals surface area contributed by atoms with Gasteiger partial charge >= 0.3 is 0 Å². The lowest BCUT2D eigenvalue weighted by molar-refractivity contribution is 1.10. The van der Waals surface area contributed by atoms with Gasteiger partial charge < -0.3 is 5.73 Å². The Balaban J connectivity index is 2.52. The van der Waals surface area contributed by atoms with Gasteiger partial charge in [-0.3, -0.25) is 5.10 Å². The second kappa shape index (κ2) is 2.94. The fourth-order valence-corrected chi connectivity index (χ4v) is 1.35. The second-order valence-electron chi connectivity index (χ2n) is 3.02. The minimum absolute atomic E-state index is 0.526. The fourth-order valence-electron chi connectivity index (χ4n) is 1.35. The minimum atomic E-state index is 0.526. The average molecular weight is 173 g/mol. The molecule has 0 atom stereocenters. The van der Waals surface area contributed by atoms with Gasteiger partial charge in [-0.1, -0.05) is 24.3 Å². The summed E-state index contributed by atoms with van der Waals surface area (Å²) in [7, 11) is 0. The molecule has 1 aromatic carbocycles. The van der Waals surface area contributed by atoms with E-state index in [0.717, 1.165) is 11.3 Å². The summed E-state index contributed by atoms with van der Waals surface area (Å²) >= 11 is 0.